The van der Waals surface area contributed by atoms with Crippen molar-refractivity contribution in [2.24, 2.45) is 0 Å². The number of halogens is 1. The van der Waals surface area contributed by atoms with Gasteiger partial charge in [0.05, 0.1) is 12.7 Å². The van der Waals surface area contributed by atoms with E-state index in [0.29, 0.717) is 18.6 Å². The summed E-state index contributed by atoms with van der Waals surface area (Å²) in [5.41, 5.74) is 0.333. The van der Waals surface area contributed by atoms with Crippen molar-refractivity contribution in [3.05, 3.63) is 29.6 Å². The lowest BCUT2D eigenvalue weighted by atomic mass is 9.88. The molecule has 1 aromatic rings. The molecule has 0 saturated heterocycles. The molecule has 1 rings (SSSR count). The highest BCUT2D eigenvalue weighted by Gasteiger charge is 2.33. The first-order valence-corrected chi connectivity index (χ1v) is 7.71. The fourth-order valence-corrected chi connectivity index (χ4v) is 2.62. The van der Waals surface area contributed by atoms with Crippen molar-refractivity contribution in [3.8, 4) is 5.75 Å². The minimum atomic E-state index is -0.319. The fraction of sp³-hybridized carbons (Fsp3) is 0.647. The van der Waals surface area contributed by atoms with Gasteiger partial charge in [0.1, 0.15) is 0 Å². The van der Waals surface area contributed by atoms with Gasteiger partial charge in [-0.2, -0.15) is 0 Å². The van der Waals surface area contributed by atoms with Crippen LogP contribution in [0.2, 0.25) is 0 Å². The third-order valence-corrected chi connectivity index (χ3v) is 4.05. The summed E-state index contributed by atoms with van der Waals surface area (Å²) < 4.78 is 25.4. The number of ether oxygens (including phenoxy) is 2. The zero-order valence-electron chi connectivity index (χ0n) is 13.8. The Bertz CT molecular complexity index is 439. The molecule has 0 aliphatic carbocycles. The van der Waals surface area contributed by atoms with E-state index in [9.17, 15) is 4.39 Å². The molecule has 0 heterocycles. The molecule has 0 radical (unpaired) electrons. The lowest BCUT2D eigenvalue weighted by Crippen LogP contribution is -2.51. The van der Waals surface area contributed by atoms with Crippen LogP contribution >= 0.6 is 0 Å². The van der Waals surface area contributed by atoms with Crippen molar-refractivity contribution in [3.63, 3.8) is 0 Å². The summed E-state index contributed by atoms with van der Waals surface area (Å²) in [4.78, 5) is 0. The van der Waals surface area contributed by atoms with E-state index in [-0.39, 0.29) is 23.2 Å². The topological polar surface area (TPSA) is 30.5 Å². The number of methoxy groups -OCH3 is 1. The number of benzene rings is 1. The predicted octanol–water partition coefficient (Wildman–Crippen LogP) is 3.56. The van der Waals surface area contributed by atoms with Crippen molar-refractivity contribution in [1.29, 1.82) is 0 Å². The van der Waals surface area contributed by atoms with Gasteiger partial charge in [0.25, 0.3) is 0 Å². The van der Waals surface area contributed by atoms with Gasteiger partial charge in [-0.3, -0.25) is 0 Å². The van der Waals surface area contributed by atoms with Gasteiger partial charge in [0.2, 0.25) is 0 Å². The van der Waals surface area contributed by atoms with Crippen LogP contribution in [0.15, 0.2) is 18.2 Å². The first-order chi connectivity index (χ1) is 10.0. The van der Waals surface area contributed by atoms with Crippen LogP contribution in [0.1, 0.15) is 39.7 Å². The maximum atomic E-state index is 14.4. The minimum absolute atomic E-state index is 0.0501. The van der Waals surface area contributed by atoms with E-state index >= 15 is 0 Å². The van der Waals surface area contributed by atoms with E-state index in [2.05, 4.69) is 26.1 Å². The van der Waals surface area contributed by atoms with Crippen LogP contribution in [0.3, 0.4) is 0 Å². The molecule has 0 bridgehead atoms. The van der Waals surface area contributed by atoms with Crippen molar-refractivity contribution >= 4 is 0 Å². The number of nitrogens with one attached hydrogen (secondary N) is 1. The van der Waals surface area contributed by atoms with Crippen molar-refractivity contribution < 1.29 is 13.9 Å². The van der Waals surface area contributed by atoms with E-state index in [1.165, 1.54) is 7.11 Å². The van der Waals surface area contributed by atoms with E-state index in [4.69, 9.17) is 9.47 Å². The second kappa shape index (κ2) is 8.35. The molecular formula is C17H28FNO2. The smallest absolute Gasteiger partial charge is 0.168 e. The Balaban J connectivity index is 3.03. The van der Waals surface area contributed by atoms with Crippen molar-refractivity contribution in [1.82, 2.24) is 5.32 Å². The lowest BCUT2D eigenvalue weighted by molar-refractivity contribution is -0.0548. The molecule has 0 aliphatic heterocycles. The second-order valence-electron chi connectivity index (χ2n) is 5.35. The zero-order valence-corrected chi connectivity index (χ0v) is 13.8. The van der Waals surface area contributed by atoms with Crippen molar-refractivity contribution in [2.45, 2.75) is 52.2 Å². The second-order valence-corrected chi connectivity index (χ2v) is 5.35. The Morgan fingerprint density at radius 1 is 1.29 bits per heavy atom. The first kappa shape index (κ1) is 17.9. The van der Waals surface area contributed by atoms with Gasteiger partial charge in [0.15, 0.2) is 11.6 Å². The van der Waals surface area contributed by atoms with Crippen LogP contribution in [0.5, 0.6) is 5.75 Å². The van der Waals surface area contributed by atoms with Crippen LogP contribution in [-0.4, -0.2) is 31.9 Å². The Morgan fingerprint density at radius 2 is 2.00 bits per heavy atom. The molecule has 3 nitrogen and oxygen atoms in total. The van der Waals surface area contributed by atoms with Gasteiger partial charge in [0, 0.05) is 12.6 Å². The molecular weight excluding hydrogens is 269 g/mol. The van der Waals surface area contributed by atoms with Crippen molar-refractivity contribution in [2.75, 3.05) is 20.3 Å². The Labute approximate surface area is 127 Å². The number of rotatable bonds is 9. The van der Waals surface area contributed by atoms with Gasteiger partial charge < -0.3 is 14.8 Å². The quantitative estimate of drug-likeness (QED) is 0.756. The number of hydrogen-bond donors (Lipinski definition) is 1. The average molecular weight is 297 g/mol. The highest BCUT2D eigenvalue weighted by atomic mass is 19.1. The van der Waals surface area contributed by atoms with Gasteiger partial charge in [-0.25, -0.2) is 4.39 Å². The number of likely N-dealkylation sites (N-methyl/N-ethyl adjacent to an activating group) is 1. The van der Waals surface area contributed by atoms with Gasteiger partial charge >= 0.3 is 0 Å². The average Bonchev–Trinajstić information content (AvgIpc) is 2.48. The molecule has 4 heteroatoms. The number of hydrogen-bond acceptors (Lipinski definition) is 3. The minimum Gasteiger partial charge on any atom is -0.494 e. The fourth-order valence-electron chi connectivity index (χ4n) is 2.62. The van der Waals surface area contributed by atoms with Gasteiger partial charge in [-0.05, 0) is 44.9 Å². The maximum absolute atomic E-state index is 14.4. The van der Waals surface area contributed by atoms with Crippen LogP contribution in [0.4, 0.5) is 4.39 Å². The third kappa shape index (κ3) is 4.42. The van der Waals surface area contributed by atoms with E-state index in [0.717, 1.165) is 13.0 Å². The molecule has 0 saturated carbocycles. The summed E-state index contributed by atoms with van der Waals surface area (Å²) in [7, 11) is 1.49. The molecule has 0 aliphatic rings. The van der Waals surface area contributed by atoms with Gasteiger partial charge in [-0.1, -0.05) is 26.0 Å². The van der Waals surface area contributed by atoms with Crippen LogP contribution in [0.25, 0.3) is 0 Å². The SMILES string of the molecule is CCNC(Cc1cccc(OC)c1F)C(C)(CC)OCC. The molecule has 21 heavy (non-hydrogen) atoms. The molecule has 120 valence electrons. The third-order valence-electron chi connectivity index (χ3n) is 4.05. The summed E-state index contributed by atoms with van der Waals surface area (Å²) in [5.74, 6) is 0.00946. The summed E-state index contributed by atoms with van der Waals surface area (Å²) in [6, 6.07) is 5.32. The lowest BCUT2D eigenvalue weighted by Gasteiger charge is -2.37. The van der Waals surface area contributed by atoms with E-state index in [1.54, 1.807) is 6.07 Å². The highest BCUT2D eigenvalue weighted by molar-refractivity contribution is 5.31. The van der Waals surface area contributed by atoms with E-state index < -0.39 is 0 Å². The molecule has 1 aromatic carbocycles. The molecule has 2 unspecified atom stereocenters. The largest absolute Gasteiger partial charge is 0.494 e. The Hall–Kier alpha value is -1.13. The Kier molecular flexibility index (Phi) is 7.12. The predicted molar refractivity (Wildman–Crippen MR) is 84.4 cm³/mol. The molecule has 2 atom stereocenters. The van der Waals surface area contributed by atoms with Crippen LogP contribution < -0.4 is 10.1 Å². The van der Waals surface area contributed by atoms with E-state index in [1.807, 2.05) is 19.1 Å². The van der Waals surface area contributed by atoms with Gasteiger partial charge in [-0.15, -0.1) is 0 Å². The summed E-state index contributed by atoms with van der Waals surface area (Å²) in [5, 5.41) is 3.44. The molecule has 0 spiro atoms. The molecule has 0 aromatic heterocycles. The molecule has 1 N–H and O–H groups in total. The zero-order chi connectivity index (χ0) is 15.9. The highest BCUT2D eigenvalue weighted by Crippen LogP contribution is 2.27. The molecule has 0 fully saturated rings. The van der Waals surface area contributed by atoms with Crippen LogP contribution in [-0.2, 0) is 11.2 Å². The molecule has 0 amide bonds. The monoisotopic (exact) mass is 297 g/mol. The van der Waals surface area contributed by atoms with Crippen LogP contribution in [0, 0.1) is 5.82 Å². The first-order valence-electron chi connectivity index (χ1n) is 7.71. The Morgan fingerprint density at radius 3 is 2.52 bits per heavy atom. The summed E-state index contributed by atoms with van der Waals surface area (Å²) >= 11 is 0. The normalized spacial score (nSPS) is 15.5. The maximum Gasteiger partial charge on any atom is 0.168 e. The summed E-state index contributed by atoms with van der Waals surface area (Å²) in [6.45, 7) is 9.69. The summed E-state index contributed by atoms with van der Waals surface area (Å²) in [6.07, 6.45) is 1.44. The standard InChI is InChI=1S/C17H28FNO2/c1-6-17(4,21-8-3)15(19-7-2)12-13-10-9-11-14(20-5)16(13)18/h9-11,15,19H,6-8,12H2,1-5H3.